The molecule has 0 amide bonds. The van der Waals surface area contributed by atoms with Crippen molar-refractivity contribution in [3.63, 3.8) is 0 Å². The molecule has 0 saturated carbocycles. The molecule has 0 aliphatic rings. The number of hydrogen-bond acceptors (Lipinski definition) is 2. The summed E-state index contributed by atoms with van der Waals surface area (Å²) in [6, 6.07) is 7.78. The molecule has 0 aliphatic heterocycles. The number of carbonyl (C=O) groups is 1. The highest BCUT2D eigenvalue weighted by Gasteiger charge is 2.09. The highest BCUT2D eigenvalue weighted by molar-refractivity contribution is 5.96. The number of hydrogen-bond donors (Lipinski definition) is 0. The van der Waals surface area contributed by atoms with E-state index in [-0.39, 0.29) is 5.78 Å². The number of para-hydroxylation sites is 1. The molecule has 0 aliphatic carbocycles. The second-order valence-corrected chi connectivity index (χ2v) is 3.36. The van der Waals surface area contributed by atoms with Crippen LogP contribution in [-0.4, -0.2) is 5.78 Å². The number of rotatable bonds is 2. The predicted octanol–water partition coefficient (Wildman–Crippen LogP) is 3.20. The van der Waals surface area contributed by atoms with Crippen LogP contribution in [0.5, 0.6) is 0 Å². The lowest BCUT2D eigenvalue weighted by molar-refractivity contribution is 0.0989. The largest absolute Gasteiger partial charge is 0.453 e. The fourth-order valence-electron chi connectivity index (χ4n) is 1.58. The molecule has 2 aromatic rings. The van der Waals surface area contributed by atoms with Crippen molar-refractivity contribution in [2.45, 2.75) is 20.3 Å². The smallest absolute Gasteiger partial charge is 0.194 e. The summed E-state index contributed by atoms with van der Waals surface area (Å²) in [4.78, 5) is 11.1. The Morgan fingerprint density at radius 1 is 1.43 bits per heavy atom. The lowest BCUT2D eigenvalue weighted by Gasteiger charge is -1.95. The van der Waals surface area contributed by atoms with Gasteiger partial charge in [-0.2, -0.15) is 0 Å². The van der Waals surface area contributed by atoms with Gasteiger partial charge in [-0.3, -0.25) is 4.79 Å². The Hall–Kier alpha value is -1.57. The first-order valence-corrected chi connectivity index (χ1v) is 4.74. The number of benzene rings is 1. The summed E-state index contributed by atoms with van der Waals surface area (Å²) in [6.45, 7) is 3.59. The lowest BCUT2D eigenvalue weighted by Crippen LogP contribution is -1.85. The summed E-state index contributed by atoms with van der Waals surface area (Å²) < 4.78 is 5.50. The van der Waals surface area contributed by atoms with Crippen molar-refractivity contribution < 1.29 is 9.21 Å². The molecular weight excluding hydrogens is 176 g/mol. The molecule has 14 heavy (non-hydrogen) atoms. The van der Waals surface area contributed by atoms with Crippen LogP contribution in [0.3, 0.4) is 0 Å². The first-order chi connectivity index (χ1) is 6.72. The molecule has 0 spiro atoms. The van der Waals surface area contributed by atoms with E-state index in [0.717, 1.165) is 23.0 Å². The van der Waals surface area contributed by atoms with Crippen molar-refractivity contribution in [3.8, 4) is 0 Å². The number of ketones is 1. The number of carbonyl (C=O) groups excluding carboxylic acids is 1. The maximum Gasteiger partial charge on any atom is 0.194 e. The van der Waals surface area contributed by atoms with E-state index in [9.17, 15) is 4.79 Å². The molecule has 0 atom stereocenters. The lowest BCUT2D eigenvalue weighted by atomic mass is 10.1. The van der Waals surface area contributed by atoms with Crippen molar-refractivity contribution in [3.05, 3.63) is 35.6 Å². The quantitative estimate of drug-likeness (QED) is 0.677. The molecule has 0 bridgehead atoms. The van der Waals surface area contributed by atoms with E-state index >= 15 is 0 Å². The van der Waals surface area contributed by atoms with Crippen LogP contribution in [0.2, 0.25) is 0 Å². The zero-order valence-electron chi connectivity index (χ0n) is 8.33. The van der Waals surface area contributed by atoms with Crippen molar-refractivity contribution >= 4 is 16.8 Å². The van der Waals surface area contributed by atoms with Gasteiger partial charge in [-0.25, -0.2) is 0 Å². The van der Waals surface area contributed by atoms with Crippen LogP contribution in [0.4, 0.5) is 0 Å². The molecule has 0 saturated heterocycles. The number of furan rings is 1. The first kappa shape index (κ1) is 9.00. The Kier molecular flexibility index (Phi) is 2.12. The Bertz CT molecular complexity index is 480. The number of Topliss-reactive ketones (excluding diaryl/α,β-unsaturated/α-hetero) is 1. The second kappa shape index (κ2) is 3.29. The number of fused-ring (bicyclic) bond motifs is 1. The van der Waals surface area contributed by atoms with Crippen LogP contribution >= 0.6 is 0 Å². The molecule has 1 aromatic heterocycles. The highest BCUT2D eigenvalue weighted by Crippen LogP contribution is 2.23. The van der Waals surface area contributed by atoms with E-state index in [1.807, 2.05) is 18.2 Å². The molecule has 0 radical (unpaired) electrons. The van der Waals surface area contributed by atoms with Gasteiger partial charge in [0.2, 0.25) is 0 Å². The third-order valence-electron chi connectivity index (χ3n) is 2.35. The van der Waals surface area contributed by atoms with Gasteiger partial charge in [0.1, 0.15) is 5.58 Å². The number of aryl methyl sites for hydroxylation is 1. The van der Waals surface area contributed by atoms with Crippen LogP contribution in [0.1, 0.15) is 30.0 Å². The van der Waals surface area contributed by atoms with Gasteiger partial charge in [0.15, 0.2) is 11.5 Å². The topological polar surface area (TPSA) is 30.2 Å². The van der Waals surface area contributed by atoms with Crippen molar-refractivity contribution in [1.29, 1.82) is 0 Å². The average molecular weight is 188 g/mol. The maximum atomic E-state index is 11.1. The van der Waals surface area contributed by atoms with E-state index in [2.05, 4.69) is 6.92 Å². The van der Waals surface area contributed by atoms with Gasteiger partial charge in [0, 0.05) is 12.3 Å². The summed E-state index contributed by atoms with van der Waals surface area (Å²) >= 11 is 0. The van der Waals surface area contributed by atoms with Crippen LogP contribution in [0.25, 0.3) is 11.0 Å². The minimum Gasteiger partial charge on any atom is -0.453 e. The third kappa shape index (κ3) is 1.33. The molecule has 0 fully saturated rings. The van der Waals surface area contributed by atoms with Gasteiger partial charge >= 0.3 is 0 Å². The van der Waals surface area contributed by atoms with Crippen LogP contribution < -0.4 is 0 Å². The Morgan fingerprint density at radius 3 is 2.86 bits per heavy atom. The SMILES string of the molecule is CCc1cccc2cc(C(C)=O)oc12. The van der Waals surface area contributed by atoms with Gasteiger partial charge < -0.3 is 4.42 Å². The Labute approximate surface area is 82.5 Å². The summed E-state index contributed by atoms with van der Waals surface area (Å²) in [5.41, 5.74) is 2.00. The third-order valence-corrected chi connectivity index (χ3v) is 2.35. The molecule has 1 aromatic carbocycles. The first-order valence-electron chi connectivity index (χ1n) is 4.74. The van der Waals surface area contributed by atoms with E-state index in [1.165, 1.54) is 6.92 Å². The molecule has 72 valence electrons. The Morgan fingerprint density at radius 2 is 2.21 bits per heavy atom. The predicted molar refractivity (Wildman–Crippen MR) is 55.6 cm³/mol. The van der Waals surface area contributed by atoms with Crippen LogP contribution in [0.15, 0.2) is 28.7 Å². The minimum absolute atomic E-state index is 0.0248. The van der Waals surface area contributed by atoms with Gasteiger partial charge in [-0.15, -0.1) is 0 Å². The molecular formula is C12H12O2. The summed E-state index contributed by atoms with van der Waals surface area (Å²) in [7, 11) is 0. The molecule has 1 heterocycles. The van der Waals surface area contributed by atoms with E-state index in [1.54, 1.807) is 6.07 Å². The second-order valence-electron chi connectivity index (χ2n) is 3.36. The van der Waals surface area contributed by atoms with Gasteiger partial charge in [0.05, 0.1) is 0 Å². The van der Waals surface area contributed by atoms with E-state index < -0.39 is 0 Å². The van der Waals surface area contributed by atoms with Gasteiger partial charge in [0.25, 0.3) is 0 Å². The molecule has 2 nitrogen and oxygen atoms in total. The van der Waals surface area contributed by atoms with Gasteiger partial charge in [-0.1, -0.05) is 25.1 Å². The van der Waals surface area contributed by atoms with Gasteiger partial charge in [-0.05, 0) is 18.1 Å². The molecule has 2 rings (SSSR count). The zero-order chi connectivity index (χ0) is 10.1. The van der Waals surface area contributed by atoms with Crippen LogP contribution in [-0.2, 0) is 6.42 Å². The van der Waals surface area contributed by atoms with E-state index in [0.29, 0.717) is 5.76 Å². The minimum atomic E-state index is -0.0248. The highest BCUT2D eigenvalue weighted by atomic mass is 16.3. The molecule has 2 heteroatoms. The molecule has 0 N–H and O–H groups in total. The van der Waals surface area contributed by atoms with Crippen molar-refractivity contribution in [2.24, 2.45) is 0 Å². The monoisotopic (exact) mass is 188 g/mol. The summed E-state index contributed by atoms with van der Waals surface area (Å²) in [6.07, 6.45) is 0.919. The Balaban J connectivity index is 2.70. The van der Waals surface area contributed by atoms with Crippen LogP contribution in [0, 0.1) is 0 Å². The fourth-order valence-corrected chi connectivity index (χ4v) is 1.58. The average Bonchev–Trinajstić information content (AvgIpc) is 2.60. The fraction of sp³-hybridized carbons (Fsp3) is 0.250. The maximum absolute atomic E-state index is 11.1. The standard InChI is InChI=1S/C12H12O2/c1-3-9-5-4-6-10-7-11(8(2)13)14-12(9)10/h4-7H,3H2,1-2H3. The van der Waals surface area contributed by atoms with Crippen molar-refractivity contribution in [1.82, 2.24) is 0 Å². The summed E-state index contributed by atoms with van der Waals surface area (Å²) in [5.74, 6) is 0.421. The molecule has 0 unspecified atom stereocenters. The normalized spacial score (nSPS) is 10.7. The zero-order valence-corrected chi connectivity index (χ0v) is 8.33. The van der Waals surface area contributed by atoms with Crippen molar-refractivity contribution in [2.75, 3.05) is 0 Å². The van der Waals surface area contributed by atoms with E-state index in [4.69, 9.17) is 4.42 Å². The summed E-state index contributed by atoms with van der Waals surface area (Å²) in [5, 5.41) is 1.01.